The molecule has 0 heterocycles. The van der Waals surface area contributed by atoms with E-state index in [-0.39, 0.29) is 11.7 Å². The number of carbonyl (C=O) groups excluding carboxylic acids is 1. The molecule has 1 aromatic rings. The summed E-state index contributed by atoms with van der Waals surface area (Å²) < 4.78 is 29.9. The van der Waals surface area contributed by atoms with Crippen molar-refractivity contribution in [3.05, 3.63) is 29.8 Å². The fourth-order valence-electron chi connectivity index (χ4n) is 2.15. The van der Waals surface area contributed by atoms with Gasteiger partial charge in [-0.2, -0.15) is 8.42 Å². The van der Waals surface area contributed by atoms with Crippen LogP contribution in [-0.2, 0) is 21.3 Å². The number of amides is 1. The molecule has 2 N–H and O–H groups in total. The van der Waals surface area contributed by atoms with Gasteiger partial charge in [-0.3, -0.25) is 9.35 Å². The average Bonchev–Trinajstić information content (AvgIpc) is 2.44. The van der Waals surface area contributed by atoms with Crippen molar-refractivity contribution in [1.82, 2.24) is 0 Å². The summed E-state index contributed by atoms with van der Waals surface area (Å²) in [5.74, 6) is -0.210. The minimum atomic E-state index is -3.89. The minimum Gasteiger partial charge on any atom is -0.326 e. The maximum absolute atomic E-state index is 11.7. The molecule has 0 saturated heterocycles. The molecule has 0 aromatic heterocycles. The first-order chi connectivity index (χ1) is 10.4. The lowest BCUT2D eigenvalue weighted by atomic mass is 10.1. The minimum absolute atomic E-state index is 0.0234. The van der Waals surface area contributed by atoms with Crippen LogP contribution in [0.25, 0.3) is 0 Å². The van der Waals surface area contributed by atoms with E-state index in [0.717, 1.165) is 36.9 Å². The molecule has 0 saturated carbocycles. The van der Waals surface area contributed by atoms with E-state index in [1.165, 1.54) is 0 Å². The number of hydrogen-bond donors (Lipinski definition) is 2. The molecule has 0 bridgehead atoms. The number of aryl methyl sites for hydroxylation is 1. The van der Waals surface area contributed by atoms with E-state index in [2.05, 4.69) is 12.2 Å². The first kappa shape index (κ1) is 18.6. The molecule has 1 amide bonds. The SMILES string of the molecule is CCCCCCC(=O)Nc1ccc(CCCS(=O)(=O)O)cc1. The topological polar surface area (TPSA) is 83.5 Å². The summed E-state index contributed by atoms with van der Waals surface area (Å²) in [6.45, 7) is 2.14. The van der Waals surface area contributed by atoms with Crippen molar-refractivity contribution in [3.8, 4) is 0 Å². The standard InChI is InChI=1S/C16H25NO4S/c1-2-3-4-5-8-16(18)17-15-11-9-14(10-12-15)7-6-13-22(19,20)21/h9-12H,2-8,13H2,1H3,(H,17,18)(H,19,20,21). The van der Waals surface area contributed by atoms with Gasteiger partial charge >= 0.3 is 0 Å². The summed E-state index contributed by atoms with van der Waals surface area (Å²) in [5, 5.41) is 2.85. The molecular formula is C16H25NO4S. The second-order valence-electron chi connectivity index (χ2n) is 5.45. The van der Waals surface area contributed by atoms with Crippen LogP contribution >= 0.6 is 0 Å². The Morgan fingerprint density at radius 3 is 2.36 bits per heavy atom. The summed E-state index contributed by atoms with van der Waals surface area (Å²) >= 11 is 0. The quantitative estimate of drug-likeness (QED) is 0.509. The number of rotatable bonds is 10. The van der Waals surface area contributed by atoms with Crippen LogP contribution in [0.3, 0.4) is 0 Å². The molecule has 1 rings (SSSR count). The Morgan fingerprint density at radius 1 is 1.09 bits per heavy atom. The zero-order valence-corrected chi connectivity index (χ0v) is 13.9. The zero-order valence-electron chi connectivity index (χ0n) is 13.0. The molecule has 0 aliphatic carbocycles. The third kappa shape index (κ3) is 8.79. The third-order valence-electron chi connectivity index (χ3n) is 3.36. The van der Waals surface area contributed by atoms with Crippen molar-refractivity contribution < 1.29 is 17.8 Å². The van der Waals surface area contributed by atoms with Gasteiger partial charge < -0.3 is 5.32 Å². The van der Waals surface area contributed by atoms with Crippen LogP contribution in [0.4, 0.5) is 5.69 Å². The van der Waals surface area contributed by atoms with Crippen LogP contribution in [0.1, 0.15) is 51.0 Å². The lowest BCUT2D eigenvalue weighted by molar-refractivity contribution is -0.116. The molecule has 6 heteroatoms. The molecule has 0 radical (unpaired) electrons. The van der Waals surface area contributed by atoms with Crippen molar-refractivity contribution in [2.45, 2.75) is 51.9 Å². The highest BCUT2D eigenvalue weighted by atomic mass is 32.2. The number of anilines is 1. The lowest BCUT2D eigenvalue weighted by Gasteiger charge is -2.06. The highest BCUT2D eigenvalue weighted by Crippen LogP contribution is 2.12. The Kier molecular flexibility index (Phi) is 8.12. The predicted molar refractivity (Wildman–Crippen MR) is 88.6 cm³/mol. The first-order valence-corrected chi connectivity index (χ1v) is 9.35. The Morgan fingerprint density at radius 2 is 1.77 bits per heavy atom. The second-order valence-corrected chi connectivity index (χ2v) is 7.02. The summed E-state index contributed by atoms with van der Waals surface area (Å²) in [6.07, 6.45) is 5.79. The normalized spacial score (nSPS) is 11.4. The van der Waals surface area contributed by atoms with Gasteiger partial charge in [0.1, 0.15) is 0 Å². The van der Waals surface area contributed by atoms with Crippen LogP contribution < -0.4 is 5.32 Å². The van der Waals surface area contributed by atoms with Crippen LogP contribution in [0.15, 0.2) is 24.3 Å². The maximum Gasteiger partial charge on any atom is 0.264 e. The van der Waals surface area contributed by atoms with Gasteiger partial charge in [0.05, 0.1) is 5.75 Å². The largest absolute Gasteiger partial charge is 0.326 e. The number of unbranched alkanes of at least 4 members (excludes halogenated alkanes) is 3. The fourth-order valence-corrected chi connectivity index (χ4v) is 2.66. The number of nitrogens with one attached hydrogen (secondary N) is 1. The van der Waals surface area contributed by atoms with Crippen molar-refractivity contribution in [3.63, 3.8) is 0 Å². The van der Waals surface area contributed by atoms with Crippen molar-refractivity contribution in [2.24, 2.45) is 0 Å². The van der Waals surface area contributed by atoms with Gasteiger partial charge in [-0.15, -0.1) is 0 Å². The summed E-state index contributed by atoms with van der Waals surface area (Å²) in [5.41, 5.74) is 1.73. The summed E-state index contributed by atoms with van der Waals surface area (Å²) in [6, 6.07) is 7.34. The lowest BCUT2D eigenvalue weighted by Crippen LogP contribution is -2.11. The van der Waals surface area contributed by atoms with E-state index in [1.807, 2.05) is 24.3 Å². The van der Waals surface area contributed by atoms with Crippen LogP contribution in [-0.4, -0.2) is 24.6 Å². The third-order valence-corrected chi connectivity index (χ3v) is 4.17. The molecule has 0 spiro atoms. The molecule has 1 aromatic carbocycles. The Hall–Kier alpha value is -1.40. The zero-order chi connectivity index (χ0) is 16.4. The second kappa shape index (κ2) is 9.58. The molecule has 0 atom stereocenters. The molecule has 0 aliphatic heterocycles. The number of hydrogen-bond acceptors (Lipinski definition) is 3. The molecule has 0 aliphatic rings. The van der Waals surface area contributed by atoms with Gasteiger partial charge in [-0.1, -0.05) is 38.3 Å². The van der Waals surface area contributed by atoms with Crippen molar-refractivity contribution in [2.75, 3.05) is 11.1 Å². The van der Waals surface area contributed by atoms with Crippen molar-refractivity contribution in [1.29, 1.82) is 0 Å². The summed E-state index contributed by atoms with van der Waals surface area (Å²) in [7, 11) is -3.89. The molecule has 5 nitrogen and oxygen atoms in total. The first-order valence-electron chi connectivity index (χ1n) is 7.74. The van der Waals surface area contributed by atoms with E-state index in [4.69, 9.17) is 4.55 Å². The predicted octanol–water partition coefficient (Wildman–Crippen LogP) is 3.42. The molecule has 0 unspecified atom stereocenters. The molecule has 0 fully saturated rings. The fraction of sp³-hybridized carbons (Fsp3) is 0.562. The highest BCUT2D eigenvalue weighted by molar-refractivity contribution is 7.85. The Labute approximate surface area is 132 Å². The van der Waals surface area contributed by atoms with Crippen molar-refractivity contribution >= 4 is 21.7 Å². The van der Waals surface area contributed by atoms with Crippen LogP contribution in [0.5, 0.6) is 0 Å². The van der Waals surface area contributed by atoms with E-state index in [1.54, 1.807) is 0 Å². The van der Waals surface area contributed by atoms with Crippen LogP contribution in [0, 0.1) is 0 Å². The Balaban J connectivity index is 2.33. The number of carbonyl (C=O) groups is 1. The van der Waals surface area contributed by atoms with Gasteiger partial charge in [-0.25, -0.2) is 0 Å². The Bertz CT molecular complexity index is 552. The van der Waals surface area contributed by atoms with E-state index in [9.17, 15) is 13.2 Å². The summed E-state index contributed by atoms with van der Waals surface area (Å²) in [4.78, 5) is 11.7. The van der Waals surface area contributed by atoms with Crippen LogP contribution in [0.2, 0.25) is 0 Å². The molecule has 22 heavy (non-hydrogen) atoms. The highest BCUT2D eigenvalue weighted by Gasteiger charge is 2.05. The van der Waals surface area contributed by atoms with Gasteiger partial charge in [0.2, 0.25) is 5.91 Å². The van der Waals surface area contributed by atoms with E-state index < -0.39 is 10.1 Å². The molecule has 124 valence electrons. The smallest absolute Gasteiger partial charge is 0.264 e. The van der Waals surface area contributed by atoms with Gasteiger partial charge in [0.15, 0.2) is 0 Å². The monoisotopic (exact) mass is 327 g/mol. The van der Waals surface area contributed by atoms with Gasteiger partial charge in [-0.05, 0) is 37.0 Å². The number of benzene rings is 1. The van der Waals surface area contributed by atoms with E-state index in [0.29, 0.717) is 19.3 Å². The molecular weight excluding hydrogens is 302 g/mol. The van der Waals surface area contributed by atoms with Gasteiger partial charge in [0, 0.05) is 12.1 Å². The maximum atomic E-state index is 11.7. The van der Waals surface area contributed by atoms with Gasteiger partial charge in [0.25, 0.3) is 10.1 Å². The van der Waals surface area contributed by atoms with E-state index >= 15 is 0 Å². The average molecular weight is 327 g/mol.